The van der Waals surface area contributed by atoms with Crippen molar-refractivity contribution in [1.29, 1.82) is 0 Å². The lowest BCUT2D eigenvalue weighted by molar-refractivity contribution is 0.0696. The monoisotopic (exact) mass is 243 g/mol. The topological polar surface area (TPSA) is 59.3 Å². The number of aryl methyl sites for hydroxylation is 1. The van der Waals surface area contributed by atoms with Crippen molar-refractivity contribution in [1.82, 2.24) is 4.57 Å². The molecular weight excluding hydrogens is 226 g/mol. The SMILES string of the molecule is Cc1cc(C(=O)O)c(C)n1CC(C)S(C)=O. The first-order valence-corrected chi connectivity index (χ1v) is 6.69. The number of hydrogen-bond acceptors (Lipinski definition) is 2. The fraction of sp³-hybridized carbons (Fsp3) is 0.545. The van der Waals surface area contributed by atoms with Gasteiger partial charge in [-0.05, 0) is 26.8 Å². The van der Waals surface area contributed by atoms with Crippen LogP contribution < -0.4 is 0 Å². The number of aromatic nitrogens is 1. The van der Waals surface area contributed by atoms with Crippen molar-refractivity contribution >= 4 is 16.8 Å². The molecule has 90 valence electrons. The minimum atomic E-state index is -0.912. The number of nitrogens with zero attached hydrogens (tertiary/aromatic N) is 1. The van der Waals surface area contributed by atoms with Crippen molar-refractivity contribution in [3.05, 3.63) is 23.0 Å². The van der Waals surface area contributed by atoms with Gasteiger partial charge in [0, 0.05) is 40.2 Å². The normalized spacial score (nSPS) is 14.8. The van der Waals surface area contributed by atoms with Crippen LogP contribution in [0.2, 0.25) is 0 Å². The van der Waals surface area contributed by atoms with E-state index in [0.717, 1.165) is 11.4 Å². The van der Waals surface area contributed by atoms with E-state index in [1.807, 2.05) is 18.4 Å². The zero-order chi connectivity index (χ0) is 12.5. The summed E-state index contributed by atoms with van der Waals surface area (Å²) in [6.07, 6.45) is 1.66. The fourth-order valence-electron chi connectivity index (χ4n) is 1.66. The zero-order valence-electron chi connectivity index (χ0n) is 9.98. The van der Waals surface area contributed by atoms with Gasteiger partial charge in [-0.2, -0.15) is 0 Å². The van der Waals surface area contributed by atoms with Gasteiger partial charge in [-0.1, -0.05) is 0 Å². The molecule has 0 aromatic carbocycles. The summed E-state index contributed by atoms with van der Waals surface area (Å²) in [7, 11) is -0.897. The minimum absolute atomic E-state index is 0.0199. The number of aromatic carboxylic acids is 1. The van der Waals surface area contributed by atoms with Gasteiger partial charge < -0.3 is 9.67 Å². The minimum Gasteiger partial charge on any atom is -0.478 e. The molecule has 0 fully saturated rings. The third-order valence-corrected chi connectivity index (χ3v) is 4.09. The van der Waals surface area contributed by atoms with Crippen LogP contribution in [0.4, 0.5) is 0 Å². The Bertz CT molecular complexity index is 437. The molecule has 0 aliphatic carbocycles. The number of carboxylic acid groups (broad SMARTS) is 1. The highest BCUT2D eigenvalue weighted by Crippen LogP contribution is 2.16. The van der Waals surface area contributed by atoms with E-state index in [0.29, 0.717) is 12.1 Å². The summed E-state index contributed by atoms with van der Waals surface area (Å²) in [6.45, 7) is 6.13. The highest BCUT2D eigenvalue weighted by molar-refractivity contribution is 7.84. The molecule has 0 saturated heterocycles. The van der Waals surface area contributed by atoms with Crippen LogP contribution in [0.1, 0.15) is 28.7 Å². The molecule has 1 aromatic heterocycles. The van der Waals surface area contributed by atoms with Crippen LogP contribution in [0.5, 0.6) is 0 Å². The van der Waals surface area contributed by atoms with Crippen molar-refractivity contribution in [3.63, 3.8) is 0 Å². The van der Waals surface area contributed by atoms with Crippen LogP contribution in [0.3, 0.4) is 0 Å². The summed E-state index contributed by atoms with van der Waals surface area (Å²) < 4.78 is 13.2. The predicted molar refractivity (Wildman–Crippen MR) is 64.4 cm³/mol. The molecular formula is C11H17NO3S. The van der Waals surface area contributed by atoms with E-state index >= 15 is 0 Å². The van der Waals surface area contributed by atoms with Crippen LogP contribution in [-0.4, -0.2) is 31.4 Å². The summed E-state index contributed by atoms with van der Waals surface area (Å²) in [4.78, 5) is 10.9. The Kier molecular flexibility index (Phi) is 3.91. The first-order valence-electron chi connectivity index (χ1n) is 5.06. The second kappa shape index (κ2) is 4.82. The van der Waals surface area contributed by atoms with Crippen molar-refractivity contribution in [2.75, 3.05) is 6.26 Å². The average Bonchev–Trinajstić information content (AvgIpc) is 2.45. The molecule has 0 spiro atoms. The zero-order valence-corrected chi connectivity index (χ0v) is 10.8. The Morgan fingerprint density at radius 2 is 2.12 bits per heavy atom. The standard InChI is InChI=1S/C11H17NO3S/c1-7-5-10(11(13)14)9(3)12(7)6-8(2)16(4)15/h5,8H,6H2,1-4H3,(H,13,14). The molecule has 2 unspecified atom stereocenters. The second-order valence-electron chi connectivity index (χ2n) is 4.01. The molecule has 0 saturated carbocycles. The van der Waals surface area contributed by atoms with Gasteiger partial charge in [0.15, 0.2) is 0 Å². The van der Waals surface area contributed by atoms with E-state index in [4.69, 9.17) is 5.11 Å². The maximum absolute atomic E-state index is 11.3. The molecule has 0 radical (unpaired) electrons. The van der Waals surface area contributed by atoms with Crippen molar-refractivity contribution in [3.8, 4) is 0 Å². The molecule has 1 rings (SSSR count). The Morgan fingerprint density at radius 1 is 1.56 bits per heavy atom. The Morgan fingerprint density at radius 3 is 2.50 bits per heavy atom. The lowest BCUT2D eigenvalue weighted by Gasteiger charge is -2.13. The van der Waals surface area contributed by atoms with Gasteiger partial charge in [-0.15, -0.1) is 0 Å². The molecule has 0 amide bonds. The Balaban J connectivity index is 3.06. The lowest BCUT2D eigenvalue weighted by atomic mass is 10.2. The summed E-state index contributed by atoms with van der Waals surface area (Å²) in [5.74, 6) is -0.912. The fourth-order valence-corrected chi connectivity index (χ4v) is 2.02. The van der Waals surface area contributed by atoms with Gasteiger partial charge in [-0.25, -0.2) is 4.79 Å². The summed E-state index contributed by atoms with van der Waals surface area (Å²) in [6, 6.07) is 1.66. The molecule has 16 heavy (non-hydrogen) atoms. The molecule has 0 aliphatic heterocycles. The summed E-state index contributed by atoms with van der Waals surface area (Å²) in [5, 5.41) is 8.99. The highest BCUT2D eigenvalue weighted by Gasteiger charge is 2.16. The maximum Gasteiger partial charge on any atom is 0.337 e. The van der Waals surface area contributed by atoms with Gasteiger partial charge in [0.25, 0.3) is 0 Å². The van der Waals surface area contributed by atoms with E-state index in [2.05, 4.69) is 0 Å². The Hall–Kier alpha value is -1.10. The smallest absolute Gasteiger partial charge is 0.337 e. The second-order valence-corrected chi connectivity index (χ2v) is 5.81. The van der Waals surface area contributed by atoms with Gasteiger partial charge in [0.05, 0.1) is 5.56 Å². The van der Waals surface area contributed by atoms with Crippen LogP contribution in [0.15, 0.2) is 6.07 Å². The molecule has 2 atom stereocenters. The lowest BCUT2D eigenvalue weighted by Crippen LogP contribution is -2.19. The summed E-state index contributed by atoms with van der Waals surface area (Å²) >= 11 is 0. The van der Waals surface area contributed by atoms with Crippen LogP contribution in [0.25, 0.3) is 0 Å². The number of rotatable bonds is 4. The van der Waals surface area contributed by atoms with E-state index in [1.165, 1.54) is 0 Å². The molecule has 0 aliphatic rings. The van der Waals surface area contributed by atoms with E-state index in [9.17, 15) is 9.00 Å². The molecule has 1 heterocycles. The summed E-state index contributed by atoms with van der Waals surface area (Å²) in [5.41, 5.74) is 1.95. The molecule has 4 nitrogen and oxygen atoms in total. The molecule has 0 bridgehead atoms. The number of hydrogen-bond donors (Lipinski definition) is 1. The van der Waals surface area contributed by atoms with Gasteiger partial charge in [0.1, 0.15) is 0 Å². The van der Waals surface area contributed by atoms with Gasteiger partial charge >= 0.3 is 5.97 Å². The van der Waals surface area contributed by atoms with E-state index in [1.54, 1.807) is 19.2 Å². The average molecular weight is 243 g/mol. The molecule has 1 N–H and O–H groups in total. The third kappa shape index (κ3) is 2.52. The quantitative estimate of drug-likeness (QED) is 0.873. The maximum atomic E-state index is 11.3. The number of carbonyl (C=O) groups is 1. The van der Waals surface area contributed by atoms with Crippen LogP contribution >= 0.6 is 0 Å². The highest BCUT2D eigenvalue weighted by atomic mass is 32.2. The largest absolute Gasteiger partial charge is 0.478 e. The molecule has 1 aromatic rings. The third-order valence-electron chi connectivity index (χ3n) is 2.81. The van der Waals surface area contributed by atoms with Gasteiger partial charge in [0.2, 0.25) is 0 Å². The first-order chi connectivity index (χ1) is 7.34. The van der Waals surface area contributed by atoms with Crippen LogP contribution in [-0.2, 0) is 17.3 Å². The van der Waals surface area contributed by atoms with E-state index < -0.39 is 16.8 Å². The predicted octanol–water partition coefficient (Wildman–Crippen LogP) is 1.57. The van der Waals surface area contributed by atoms with Crippen molar-refractivity contribution in [2.45, 2.75) is 32.6 Å². The first kappa shape index (κ1) is 13.0. The van der Waals surface area contributed by atoms with Crippen molar-refractivity contribution < 1.29 is 14.1 Å². The van der Waals surface area contributed by atoms with Gasteiger partial charge in [-0.3, -0.25) is 4.21 Å². The van der Waals surface area contributed by atoms with Crippen molar-refractivity contribution in [2.24, 2.45) is 0 Å². The number of carboxylic acids is 1. The Labute approximate surface area is 97.7 Å². The molecule has 5 heteroatoms. The van der Waals surface area contributed by atoms with Crippen LogP contribution in [0, 0.1) is 13.8 Å². The van der Waals surface area contributed by atoms with E-state index in [-0.39, 0.29) is 5.25 Å².